The summed E-state index contributed by atoms with van der Waals surface area (Å²) in [6, 6.07) is 5.74. The molecule has 1 aromatic carbocycles. The maximum atomic E-state index is 12.7. The van der Waals surface area contributed by atoms with E-state index >= 15 is 0 Å². The zero-order valence-corrected chi connectivity index (χ0v) is 13.5. The van der Waals surface area contributed by atoms with Crippen LogP contribution in [0.4, 0.5) is 5.69 Å². The molecule has 1 aliphatic rings. The minimum atomic E-state index is -3.48. The van der Waals surface area contributed by atoms with Crippen LogP contribution in [0.3, 0.4) is 0 Å². The van der Waals surface area contributed by atoms with Gasteiger partial charge in [-0.1, -0.05) is 12.1 Å². The number of rotatable bonds is 3. The molecule has 2 rings (SSSR count). The number of aryl methyl sites for hydroxylation is 2. The van der Waals surface area contributed by atoms with Crippen LogP contribution in [0.15, 0.2) is 18.2 Å². The Morgan fingerprint density at radius 3 is 2.43 bits per heavy atom. The lowest BCUT2D eigenvalue weighted by Gasteiger charge is -2.34. The molecule has 116 valence electrons. The maximum Gasteiger partial charge on any atom is 0.245 e. The van der Waals surface area contributed by atoms with Gasteiger partial charge in [-0.05, 0) is 57.0 Å². The van der Waals surface area contributed by atoms with E-state index < -0.39 is 20.5 Å². The molecule has 6 heteroatoms. The highest BCUT2D eigenvalue weighted by Crippen LogP contribution is 2.30. The summed E-state index contributed by atoms with van der Waals surface area (Å²) in [7, 11) is -3.48. The molecule has 0 atom stereocenters. The number of benzene rings is 1. The van der Waals surface area contributed by atoms with Crippen molar-refractivity contribution in [2.45, 2.75) is 31.4 Å². The Labute approximate surface area is 126 Å². The van der Waals surface area contributed by atoms with Crippen LogP contribution >= 0.6 is 0 Å². The smallest absolute Gasteiger partial charge is 0.245 e. The van der Waals surface area contributed by atoms with Crippen LogP contribution in [0.5, 0.6) is 0 Å². The quantitative estimate of drug-likeness (QED) is 0.885. The third kappa shape index (κ3) is 3.11. The maximum absolute atomic E-state index is 12.7. The van der Waals surface area contributed by atoms with Gasteiger partial charge in [0.15, 0.2) is 14.6 Å². The van der Waals surface area contributed by atoms with Gasteiger partial charge in [-0.25, -0.2) is 8.42 Å². The Balaban J connectivity index is 2.34. The van der Waals surface area contributed by atoms with Gasteiger partial charge in [-0.15, -0.1) is 0 Å². The van der Waals surface area contributed by atoms with Crippen LogP contribution in [0.1, 0.15) is 24.0 Å². The van der Waals surface area contributed by atoms with Crippen molar-refractivity contribution >= 4 is 21.4 Å². The molecule has 21 heavy (non-hydrogen) atoms. The van der Waals surface area contributed by atoms with Gasteiger partial charge < -0.3 is 10.6 Å². The summed E-state index contributed by atoms with van der Waals surface area (Å²) in [6.45, 7) is 4.90. The second kappa shape index (κ2) is 5.77. The molecular formula is C15H22N2O3S. The third-order valence-corrected chi connectivity index (χ3v) is 6.19. The van der Waals surface area contributed by atoms with Gasteiger partial charge in [0.1, 0.15) is 0 Å². The van der Waals surface area contributed by atoms with Gasteiger partial charge in [-0.2, -0.15) is 0 Å². The number of hydrogen-bond donors (Lipinski definition) is 2. The molecule has 1 fully saturated rings. The van der Waals surface area contributed by atoms with Crippen molar-refractivity contribution in [1.29, 1.82) is 0 Å². The number of carbonyl (C=O) groups is 1. The first-order chi connectivity index (χ1) is 9.76. The summed E-state index contributed by atoms with van der Waals surface area (Å²) in [5.74, 6) is -0.416. The van der Waals surface area contributed by atoms with E-state index in [0.29, 0.717) is 31.6 Å². The molecule has 0 spiro atoms. The Hall–Kier alpha value is -1.40. The molecular weight excluding hydrogens is 288 g/mol. The lowest BCUT2D eigenvalue weighted by Crippen LogP contribution is -2.55. The number of nitrogens with one attached hydrogen (secondary N) is 2. The van der Waals surface area contributed by atoms with E-state index in [0.717, 1.165) is 17.4 Å². The fourth-order valence-electron chi connectivity index (χ4n) is 2.70. The van der Waals surface area contributed by atoms with Crippen molar-refractivity contribution in [2.24, 2.45) is 0 Å². The highest BCUT2D eigenvalue weighted by molar-refractivity contribution is 7.92. The van der Waals surface area contributed by atoms with Crippen molar-refractivity contribution in [2.75, 3.05) is 24.7 Å². The number of hydrogen-bond acceptors (Lipinski definition) is 4. The van der Waals surface area contributed by atoms with Crippen LogP contribution in [0, 0.1) is 13.8 Å². The molecule has 1 amide bonds. The van der Waals surface area contributed by atoms with Gasteiger partial charge in [0.05, 0.1) is 0 Å². The lowest BCUT2D eigenvalue weighted by molar-refractivity contribution is -0.119. The summed E-state index contributed by atoms with van der Waals surface area (Å²) < 4.78 is 23.1. The predicted molar refractivity (Wildman–Crippen MR) is 84.2 cm³/mol. The summed E-state index contributed by atoms with van der Waals surface area (Å²) in [5.41, 5.74) is 2.63. The molecule has 5 nitrogen and oxygen atoms in total. The Kier molecular flexibility index (Phi) is 4.39. The van der Waals surface area contributed by atoms with E-state index in [4.69, 9.17) is 0 Å². The first kappa shape index (κ1) is 16.0. The van der Waals surface area contributed by atoms with Gasteiger partial charge in [0.25, 0.3) is 0 Å². The Bertz CT molecular complexity index is 647. The molecule has 0 unspecified atom stereocenters. The summed E-state index contributed by atoms with van der Waals surface area (Å²) in [5, 5.41) is 5.93. The molecule has 1 saturated heterocycles. The van der Waals surface area contributed by atoms with Crippen LogP contribution in [0.25, 0.3) is 0 Å². The second-order valence-electron chi connectivity index (χ2n) is 5.79. The topological polar surface area (TPSA) is 75.3 Å². The number of anilines is 1. The number of sulfone groups is 1. The summed E-state index contributed by atoms with van der Waals surface area (Å²) >= 11 is 0. The van der Waals surface area contributed by atoms with Gasteiger partial charge in [0.2, 0.25) is 5.91 Å². The average Bonchev–Trinajstić information content (AvgIpc) is 2.42. The SMILES string of the molecule is Cc1ccc(C)c(NC(=O)C2(S(C)(=O)=O)CCNCC2)c1. The number of amides is 1. The monoisotopic (exact) mass is 310 g/mol. The van der Waals surface area contributed by atoms with Crippen LogP contribution in [0.2, 0.25) is 0 Å². The zero-order valence-electron chi connectivity index (χ0n) is 12.7. The van der Waals surface area contributed by atoms with Crippen molar-refractivity contribution in [3.63, 3.8) is 0 Å². The van der Waals surface area contributed by atoms with Crippen LogP contribution in [-0.4, -0.2) is 38.4 Å². The first-order valence-corrected chi connectivity index (χ1v) is 8.94. The normalized spacial score (nSPS) is 18.2. The Morgan fingerprint density at radius 2 is 1.86 bits per heavy atom. The number of piperidine rings is 1. The van der Waals surface area contributed by atoms with E-state index in [2.05, 4.69) is 10.6 Å². The molecule has 0 bridgehead atoms. The third-order valence-electron chi connectivity index (χ3n) is 4.18. The summed E-state index contributed by atoms with van der Waals surface area (Å²) in [4.78, 5) is 12.7. The van der Waals surface area contributed by atoms with E-state index in [9.17, 15) is 13.2 Å². The average molecular weight is 310 g/mol. The first-order valence-electron chi connectivity index (χ1n) is 7.05. The largest absolute Gasteiger partial charge is 0.324 e. The van der Waals surface area contributed by atoms with Crippen molar-refractivity contribution < 1.29 is 13.2 Å². The fourth-order valence-corrected chi connectivity index (χ4v) is 4.04. The standard InChI is InChI=1S/C15H22N2O3S/c1-11-4-5-12(2)13(10-11)17-14(18)15(21(3,19)20)6-8-16-9-7-15/h4-5,10,16H,6-9H2,1-3H3,(H,17,18). The van der Waals surface area contributed by atoms with Gasteiger partial charge in [-0.3, -0.25) is 4.79 Å². The van der Waals surface area contributed by atoms with E-state index in [1.54, 1.807) is 0 Å². The molecule has 0 aliphatic carbocycles. The van der Waals surface area contributed by atoms with E-state index in [1.165, 1.54) is 0 Å². The molecule has 2 N–H and O–H groups in total. The Morgan fingerprint density at radius 1 is 1.24 bits per heavy atom. The van der Waals surface area contributed by atoms with Crippen molar-refractivity contribution in [1.82, 2.24) is 5.32 Å². The molecule has 0 aromatic heterocycles. The fraction of sp³-hybridized carbons (Fsp3) is 0.533. The molecule has 1 heterocycles. The van der Waals surface area contributed by atoms with Gasteiger partial charge in [0, 0.05) is 11.9 Å². The van der Waals surface area contributed by atoms with E-state index in [1.807, 2.05) is 32.0 Å². The van der Waals surface area contributed by atoms with Crippen LogP contribution < -0.4 is 10.6 Å². The highest BCUT2D eigenvalue weighted by Gasteiger charge is 2.48. The minimum absolute atomic E-state index is 0.308. The number of carbonyl (C=O) groups excluding carboxylic acids is 1. The van der Waals surface area contributed by atoms with Crippen molar-refractivity contribution in [3.8, 4) is 0 Å². The molecule has 0 saturated carbocycles. The zero-order chi connectivity index (χ0) is 15.7. The van der Waals surface area contributed by atoms with Crippen LogP contribution in [-0.2, 0) is 14.6 Å². The predicted octanol–water partition coefficient (Wildman–Crippen LogP) is 1.41. The highest BCUT2D eigenvalue weighted by atomic mass is 32.2. The second-order valence-corrected chi connectivity index (χ2v) is 8.11. The van der Waals surface area contributed by atoms with Gasteiger partial charge >= 0.3 is 0 Å². The summed E-state index contributed by atoms with van der Waals surface area (Å²) in [6.07, 6.45) is 1.77. The van der Waals surface area contributed by atoms with E-state index in [-0.39, 0.29) is 0 Å². The molecule has 1 aromatic rings. The molecule has 0 radical (unpaired) electrons. The molecule has 1 aliphatic heterocycles. The minimum Gasteiger partial charge on any atom is -0.324 e. The van der Waals surface area contributed by atoms with Crippen molar-refractivity contribution in [3.05, 3.63) is 29.3 Å². The lowest BCUT2D eigenvalue weighted by atomic mass is 9.95.